The first-order valence-electron chi connectivity index (χ1n) is 9.87. The van der Waals surface area contributed by atoms with E-state index >= 15 is 0 Å². The number of alkyl halides is 3. The number of piperazine rings is 1. The van der Waals surface area contributed by atoms with Crippen molar-refractivity contribution in [3.8, 4) is 11.5 Å². The van der Waals surface area contributed by atoms with E-state index < -0.39 is 11.7 Å². The number of amides is 1. The van der Waals surface area contributed by atoms with E-state index in [1.807, 2.05) is 18.2 Å². The van der Waals surface area contributed by atoms with E-state index in [1.54, 1.807) is 19.1 Å². The second-order valence-electron chi connectivity index (χ2n) is 7.23. The summed E-state index contributed by atoms with van der Waals surface area (Å²) in [4.78, 5) is 16.4. The summed E-state index contributed by atoms with van der Waals surface area (Å²) in [6.45, 7) is 3.25. The van der Waals surface area contributed by atoms with Crippen LogP contribution >= 0.6 is 0 Å². The maximum Gasteiger partial charge on any atom is 0.416 e. The molecule has 2 aromatic rings. The summed E-state index contributed by atoms with van der Waals surface area (Å²) in [5, 5.41) is 0. The molecule has 2 aromatic carbocycles. The summed E-state index contributed by atoms with van der Waals surface area (Å²) in [7, 11) is 3.25. The Labute approximate surface area is 179 Å². The van der Waals surface area contributed by atoms with Gasteiger partial charge in [-0.25, -0.2) is 0 Å². The van der Waals surface area contributed by atoms with Crippen molar-refractivity contribution in [2.45, 2.75) is 12.7 Å². The van der Waals surface area contributed by atoms with Gasteiger partial charge in [-0.1, -0.05) is 12.1 Å². The molecule has 0 spiro atoms. The highest BCUT2D eigenvalue weighted by atomic mass is 19.4. The number of methoxy groups -OCH3 is 2. The second kappa shape index (κ2) is 9.87. The lowest BCUT2D eigenvalue weighted by Gasteiger charge is -2.34. The van der Waals surface area contributed by atoms with Crippen LogP contribution in [0.2, 0.25) is 0 Å². The number of carbonyl (C=O) groups is 1. The zero-order chi connectivity index (χ0) is 22.4. The molecule has 3 rings (SSSR count). The smallest absolute Gasteiger partial charge is 0.416 e. The average molecular weight is 434 g/mol. The average Bonchev–Trinajstić information content (AvgIpc) is 2.77. The highest BCUT2D eigenvalue weighted by Gasteiger charge is 2.29. The maximum atomic E-state index is 12.6. The summed E-state index contributed by atoms with van der Waals surface area (Å²) >= 11 is 0. The number of carbonyl (C=O) groups excluding carboxylic acids is 1. The van der Waals surface area contributed by atoms with E-state index in [4.69, 9.17) is 9.47 Å². The molecule has 1 aliphatic heterocycles. The first-order valence-corrected chi connectivity index (χ1v) is 9.87. The van der Waals surface area contributed by atoms with Crippen molar-refractivity contribution < 1.29 is 27.4 Å². The molecule has 1 aliphatic rings. The minimum Gasteiger partial charge on any atom is -0.497 e. The van der Waals surface area contributed by atoms with Crippen LogP contribution in [0.1, 0.15) is 16.7 Å². The minimum absolute atomic E-state index is 0.154. The molecule has 8 heteroatoms. The van der Waals surface area contributed by atoms with E-state index in [2.05, 4.69) is 4.90 Å². The fourth-order valence-electron chi connectivity index (χ4n) is 3.43. The molecule has 1 amide bonds. The SMILES string of the molecule is COc1ccc(OC)c(CN2CCN(C(=O)C=Cc3ccc(C(F)(F)F)cc3)CC2)c1. The fraction of sp³-hybridized carbons (Fsp3) is 0.348. The summed E-state index contributed by atoms with van der Waals surface area (Å²) in [6, 6.07) is 10.4. The molecule has 0 N–H and O–H groups in total. The molecular formula is C23H25F3N2O3. The molecule has 1 heterocycles. The van der Waals surface area contributed by atoms with E-state index in [9.17, 15) is 18.0 Å². The minimum atomic E-state index is -4.37. The number of ether oxygens (including phenoxy) is 2. The quantitative estimate of drug-likeness (QED) is 0.643. The monoisotopic (exact) mass is 434 g/mol. The van der Waals surface area contributed by atoms with E-state index in [-0.39, 0.29) is 5.91 Å². The third-order valence-electron chi connectivity index (χ3n) is 5.22. The second-order valence-corrected chi connectivity index (χ2v) is 7.23. The van der Waals surface area contributed by atoms with Crippen molar-refractivity contribution in [1.29, 1.82) is 0 Å². The Bertz CT molecular complexity index is 919. The van der Waals surface area contributed by atoms with Crippen molar-refractivity contribution in [3.05, 3.63) is 65.2 Å². The van der Waals surface area contributed by atoms with Crippen LogP contribution in [0, 0.1) is 0 Å². The van der Waals surface area contributed by atoms with Crippen molar-refractivity contribution >= 4 is 12.0 Å². The first kappa shape index (κ1) is 22.7. The molecule has 1 fully saturated rings. The molecule has 0 aliphatic carbocycles. The summed E-state index contributed by atoms with van der Waals surface area (Å²) in [6.07, 6.45) is -1.42. The van der Waals surface area contributed by atoms with Crippen molar-refractivity contribution in [2.75, 3.05) is 40.4 Å². The molecule has 31 heavy (non-hydrogen) atoms. The Morgan fingerprint density at radius 1 is 1.00 bits per heavy atom. The molecule has 1 saturated heterocycles. The number of rotatable bonds is 6. The molecule has 0 saturated carbocycles. The maximum absolute atomic E-state index is 12.6. The van der Waals surface area contributed by atoms with Crippen LogP contribution in [-0.2, 0) is 17.5 Å². The Hall–Kier alpha value is -3.00. The zero-order valence-electron chi connectivity index (χ0n) is 17.5. The fourth-order valence-corrected chi connectivity index (χ4v) is 3.43. The van der Waals surface area contributed by atoms with Gasteiger partial charge in [0.25, 0.3) is 0 Å². The normalized spacial score (nSPS) is 15.3. The lowest BCUT2D eigenvalue weighted by Crippen LogP contribution is -2.47. The van der Waals surface area contributed by atoms with Crippen LogP contribution in [0.3, 0.4) is 0 Å². The van der Waals surface area contributed by atoms with Crippen LogP contribution < -0.4 is 9.47 Å². The van der Waals surface area contributed by atoms with Gasteiger partial charge in [0, 0.05) is 44.4 Å². The van der Waals surface area contributed by atoms with Gasteiger partial charge in [0.1, 0.15) is 11.5 Å². The van der Waals surface area contributed by atoms with Gasteiger partial charge in [-0.05, 0) is 42.0 Å². The highest BCUT2D eigenvalue weighted by molar-refractivity contribution is 5.91. The topological polar surface area (TPSA) is 42.0 Å². The van der Waals surface area contributed by atoms with Gasteiger partial charge >= 0.3 is 6.18 Å². The van der Waals surface area contributed by atoms with Crippen LogP contribution in [-0.4, -0.2) is 56.1 Å². The van der Waals surface area contributed by atoms with E-state index in [0.717, 1.165) is 29.2 Å². The largest absolute Gasteiger partial charge is 0.497 e. The number of halogens is 3. The molecular weight excluding hydrogens is 409 g/mol. The Morgan fingerprint density at radius 3 is 2.26 bits per heavy atom. The first-order chi connectivity index (χ1) is 14.8. The Morgan fingerprint density at radius 2 is 1.68 bits per heavy atom. The number of hydrogen-bond acceptors (Lipinski definition) is 4. The molecule has 0 atom stereocenters. The molecule has 0 aromatic heterocycles. The van der Waals surface area contributed by atoms with Crippen molar-refractivity contribution in [2.24, 2.45) is 0 Å². The molecule has 5 nitrogen and oxygen atoms in total. The van der Waals surface area contributed by atoms with Gasteiger partial charge in [0.05, 0.1) is 19.8 Å². The number of nitrogens with zero attached hydrogens (tertiary/aromatic N) is 2. The molecule has 166 valence electrons. The summed E-state index contributed by atoms with van der Waals surface area (Å²) in [5.74, 6) is 1.40. The number of benzene rings is 2. The lowest BCUT2D eigenvalue weighted by molar-refractivity contribution is -0.137. The van der Waals surface area contributed by atoms with Gasteiger partial charge in [0.2, 0.25) is 5.91 Å². The number of hydrogen-bond donors (Lipinski definition) is 0. The van der Waals surface area contributed by atoms with Gasteiger partial charge in [-0.3, -0.25) is 9.69 Å². The van der Waals surface area contributed by atoms with E-state index in [1.165, 1.54) is 24.3 Å². The zero-order valence-corrected chi connectivity index (χ0v) is 17.5. The van der Waals surface area contributed by atoms with Crippen LogP contribution in [0.15, 0.2) is 48.5 Å². The van der Waals surface area contributed by atoms with Crippen LogP contribution in [0.5, 0.6) is 11.5 Å². The van der Waals surface area contributed by atoms with Gasteiger partial charge in [0.15, 0.2) is 0 Å². The Balaban J connectivity index is 1.53. The predicted octanol–water partition coefficient (Wildman–Crippen LogP) is 4.08. The lowest BCUT2D eigenvalue weighted by atomic mass is 10.1. The predicted molar refractivity (Wildman–Crippen MR) is 112 cm³/mol. The standard InChI is InChI=1S/C23H25F3N2O3/c1-30-20-8-9-21(31-2)18(15-20)16-27-11-13-28(14-12-27)22(29)10-5-17-3-6-19(7-4-17)23(24,25)26/h3-10,15H,11-14,16H2,1-2H3. The Kier molecular flexibility index (Phi) is 7.22. The van der Waals surface area contributed by atoms with Gasteiger partial charge < -0.3 is 14.4 Å². The third-order valence-corrected chi connectivity index (χ3v) is 5.22. The third kappa shape index (κ3) is 6.01. The van der Waals surface area contributed by atoms with E-state index in [0.29, 0.717) is 38.3 Å². The van der Waals surface area contributed by atoms with Crippen LogP contribution in [0.25, 0.3) is 6.08 Å². The van der Waals surface area contributed by atoms with Gasteiger partial charge in [-0.15, -0.1) is 0 Å². The summed E-state index contributed by atoms with van der Waals surface area (Å²) < 4.78 is 48.6. The summed E-state index contributed by atoms with van der Waals surface area (Å²) in [5.41, 5.74) is 0.855. The highest BCUT2D eigenvalue weighted by Crippen LogP contribution is 2.29. The molecule has 0 unspecified atom stereocenters. The molecule has 0 radical (unpaired) electrons. The van der Waals surface area contributed by atoms with Gasteiger partial charge in [-0.2, -0.15) is 13.2 Å². The van der Waals surface area contributed by atoms with Crippen molar-refractivity contribution in [1.82, 2.24) is 9.80 Å². The van der Waals surface area contributed by atoms with Crippen molar-refractivity contribution in [3.63, 3.8) is 0 Å². The van der Waals surface area contributed by atoms with Crippen LogP contribution in [0.4, 0.5) is 13.2 Å². The molecule has 0 bridgehead atoms.